The SMILES string of the molecule is CCCCCCCCC#CC(O)CCCCCCCCC(O)C#CC#CCO. The summed E-state index contributed by atoms with van der Waals surface area (Å²) in [4.78, 5) is 0. The summed E-state index contributed by atoms with van der Waals surface area (Å²) >= 11 is 0. The molecule has 3 heteroatoms. The van der Waals surface area contributed by atoms with E-state index in [-0.39, 0.29) is 6.61 Å². The van der Waals surface area contributed by atoms with Crippen molar-refractivity contribution in [2.75, 3.05) is 6.61 Å². The van der Waals surface area contributed by atoms with Gasteiger partial charge in [0, 0.05) is 6.42 Å². The van der Waals surface area contributed by atoms with Gasteiger partial charge in [0.1, 0.15) is 18.8 Å². The average molecular weight is 389 g/mol. The molecule has 0 radical (unpaired) electrons. The molecule has 0 aliphatic carbocycles. The molecule has 0 heterocycles. The fourth-order valence-electron chi connectivity index (χ4n) is 2.91. The lowest BCUT2D eigenvalue weighted by atomic mass is 10.0. The predicted octanol–water partition coefficient (Wildman–Crippen LogP) is 4.58. The minimum atomic E-state index is -0.627. The minimum absolute atomic E-state index is 0.201. The van der Waals surface area contributed by atoms with Crippen molar-refractivity contribution in [2.24, 2.45) is 0 Å². The van der Waals surface area contributed by atoms with Crippen LogP contribution >= 0.6 is 0 Å². The van der Waals surface area contributed by atoms with Crippen LogP contribution in [0.25, 0.3) is 0 Å². The van der Waals surface area contributed by atoms with Crippen LogP contribution < -0.4 is 0 Å². The Kier molecular flexibility index (Phi) is 20.7. The zero-order chi connectivity index (χ0) is 20.7. The highest BCUT2D eigenvalue weighted by Gasteiger charge is 2.00. The molecule has 0 bridgehead atoms. The normalized spacial score (nSPS) is 12.0. The molecule has 0 aliphatic rings. The van der Waals surface area contributed by atoms with Crippen LogP contribution in [-0.4, -0.2) is 34.1 Å². The Morgan fingerprint density at radius 2 is 1.14 bits per heavy atom. The number of unbranched alkanes of at least 4 members (excludes halogenated alkanes) is 11. The number of hydrogen-bond donors (Lipinski definition) is 3. The molecular weight excluding hydrogens is 348 g/mol. The van der Waals surface area contributed by atoms with Crippen LogP contribution in [0.2, 0.25) is 0 Å². The van der Waals surface area contributed by atoms with E-state index < -0.39 is 12.2 Å². The van der Waals surface area contributed by atoms with Gasteiger partial charge in [0.15, 0.2) is 0 Å². The topological polar surface area (TPSA) is 60.7 Å². The van der Waals surface area contributed by atoms with Gasteiger partial charge in [0.25, 0.3) is 0 Å². The maximum atomic E-state index is 9.89. The molecule has 0 spiro atoms. The molecule has 0 rings (SSSR count). The largest absolute Gasteiger partial charge is 0.384 e. The van der Waals surface area contributed by atoms with E-state index in [1.165, 1.54) is 32.1 Å². The van der Waals surface area contributed by atoms with Gasteiger partial charge in [0.2, 0.25) is 0 Å². The highest BCUT2D eigenvalue weighted by atomic mass is 16.3. The fourth-order valence-corrected chi connectivity index (χ4v) is 2.91. The summed E-state index contributed by atoms with van der Waals surface area (Å²) in [6.45, 7) is 2.03. The van der Waals surface area contributed by atoms with Gasteiger partial charge in [-0.2, -0.15) is 0 Å². The van der Waals surface area contributed by atoms with E-state index >= 15 is 0 Å². The zero-order valence-electron chi connectivity index (χ0n) is 17.8. The molecule has 158 valence electrons. The van der Waals surface area contributed by atoms with E-state index in [2.05, 4.69) is 42.4 Å². The van der Waals surface area contributed by atoms with Gasteiger partial charge in [0.05, 0.1) is 0 Å². The van der Waals surface area contributed by atoms with Crippen molar-refractivity contribution < 1.29 is 15.3 Å². The summed E-state index contributed by atoms with van der Waals surface area (Å²) in [6, 6.07) is 0. The minimum Gasteiger partial charge on any atom is -0.384 e. The van der Waals surface area contributed by atoms with Crippen LogP contribution in [0.3, 0.4) is 0 Å². The summed E-state index contributed by atoms with van der Waals surface area (Å²) in [7, 11) is 0. The molecule has 0 saturated heterocycles. The van der Waals surface area contributed by atoms with Gasteiger partial charge in [-0.3, -0.25) is 0 Å². The van der Waals surface area contributed by atoms with Crippen LogP contribution in [0.4, 0.5) is 0 Å². The third-order valence-corrected chi connectivity index (χ3v) is 4.60. The molecule has 2 unspecified atom stereocenters. The molecule has 0 saturated carbocycles. The monoisotopic (exact) mass is 388 g/mol. The van der Waals surface area contributed by atoms with Crippen LogP contribution in [0.15, 0.2) is 0 Å². The quantitative estimate of drug-likeness (QED) is 0.284. The first-order valence-corrected chi connectivity index (χ1v) is 11.1. The molecule has 3 N–H and O–H groups in total. The molecule has 0 aliphatic heterocycles. The van der Waals surface area contributed by atoms with Crippen LogP contribution in [-0.2, 0) is 0 Å². The van der Waals surface area contributed by atoms with Crippen molar-refractivity contribution in [1.82, 2.24) is 0 Å². The molecule has 0 aromatic carbocycles. The molecule has 0 aromatic heterocycles. The molecular formula is C25H40O3. The van der Waals surface area contributed by atoms with E-state index in [0.717, 1.165) is 57.8 Å². The second-order valence-corrected chi connectivity index (χ2v) is 7.30. The molecule has 2 atom stereocenters. The smallest absolute Gasteiger partial charge is 0.115 e. The Hall–Kier alpha value is -1.44. The lowest BCUT2D eigenvalue weighted by Gasteiger charge is -2.05. The first kappa shape index (κ1) is 26.6. The number of aliphatic hydroxyl groups is 3. The second kappa shape index (κ2) is 21.9. The molecule has 0 aromatic rings. The van der Waals surface area contributed by atoms with E-state index in [1.54, 1.807) is 0 Å². The van der Waals surface area contributed by atoms with Crippen molar-refractivity contribution >= 4 is 0 Å². The first-order valence-electron chi connectivity index (χ1n) is 11.1. The van der Waals surface area contributed by atoms with Gasteiger partial charge in [-0.1, -0.05) is 82.5 Å². The third kappa shape index (κ3) is 20.9. The lowest BCUT2D eigenvalue weighted by molar-refractivity contribution is 0.214. The van der Waals surface area contributed by atoms with Gasteiger partial charge in [-0.25, -0.2) is 0 Å². The number of rotatable bonds is 15. The average Bonchev–Trinajstić information content (AvgIpc) is 2.69. The van der Waals surface area contributed by atoms with E-state index in [1.807, 2.05) is 0 Å². The Morgan fingerprint density at radius 3 is 1.75 bits per heavy atom. The Labute approximate surface area is 173 Å². The van der Waals surface area contributed by atoms with Gasteiger partial charge >= 0.3 is 0 Å². The van der Waals surface area contributed by atoms with Crippen LogP contribution in [0, 0.1) is 35.5 Å². The Balaban J connectivity index is 3.46. The van der Waals surface area contributed by atoms with Crippen molar-refractivity contribution in [3.05, 3.63) is 0 Å². The Morgan fingerprint density at radius 1 is 0.607 bits per heavy atom. The molecule has 3 nitrogen and oxygen atoms in total. The molecule has 28 heavy (non-hydrogen) atoms. The fraction of sp³-hybridized carbons (Fsp3) is 0.760. The van der Waals surface area contributed by atoms with E-state index in [9.17, 15) is 10.2 Å². The van der Waals surface area contributed by atoms with Crippen molar-refractivity contribution in [3.63, 3.8) is 0 Å². The zero-order valence-corrected chi connectivity index (χ0v) is 17.8. The molecule has 0 fully saturated rings. The summed E-state index contributed by atoms with van der Waals surface area (Å²) in [5, 5.41) is 28.0. The maximum absolute atomic E-state index is 9.89. The summed E-state index contributed by atoms with van der Waals surface area (Å²) in [6.07, 6.45) is 15.4. The van der Waals surface area contributed by atoms with Crippen LogP contribution in [0.1, 0.15) is 103 Å². The van der Waals surface area contributed by atoms with Crippen molar-refractivity contribution in [2.45, 2.75) is 115 Å². The van der Waals surface area contributed by atoms with E-state index in [0.29, 0.717) is 6.42 Å². The maximum Gasteiger partial charge on any atom is 0.115 e. The summed E-state index contributed by atoms with van der Waals surface area (Å²) < 4.78 is 0. The van der Waals surface area contributed by atoms with E-state index in [4.69, 9.17) is 5.11 Å². The third-order valence-electron chi connectivity index (χ3n) is 4.60. The first-order chi connectivity index (χ1) is 13.7. The van der Waals surface area contributed by atoms with Crippen molar-refractivity contribution in [3.8, 4) is 35.5 Å². The van der Waals surface area contributed by atoms with Crippen LogP contribution in [0.5, 0.6) is 0 Å². The number of aliphatic hydroxyl groups excluding tert-OH is 3. The van der Waals surface area contributed by atoms with Crippen molar-refractivity contribution in [1.29, 1.82) is 0 Å². The number of hydrogen-bond acceptors (Lipinski definition) is 3. The predicted molar refractivity (Wildman–Crippen MR) is 117 cm³/mol. The summed E-state index contributed by atoms with van der Waals surface area (Å²) in [5.74, 6) is 16.2. The highest BCUT2D eigenvalue weighted by Crippen LogP contribution is 2.11. The lowest BCUT2D eigenvalue weighted by Crippen LogP contribution is -2.02. The standard InChI is InChI=1S/C25H40O3/c1-2-3-4-5-6-7-10-14-19-24(27)20-15-11-8-9-12-16-21-25(28)22-17-13-18-23-26/h24-28H,2-12,15-16,20-21,23H2,1H3. The van der Waals surface area contributed by atoms with Gasteiger partial charge in [-0.15, -0.1) is 5.92 Å². The second-order valence-electron chi connectivity index (χ2n) is 7.30. The highest BCUT2D eigenvalue weighted by molar-refractivity contribution is 5.27. The summed E-state index contributed by atoms with van der Waals surface area (Å²) in [5.41, 5.74) is 0. The molecule has 0 amide bonds. The Bertz CT molecular complexity index is 521. The van der Waals surface area contributed by atoms with Gasteiger partial charge in [-0.05, 0) is 43.9 Å². The van der Waals surface area contributed by atoms with Gasteiger partial charge < -0.3 is 15.3 Å².